The first-order chi connectivity index (χ1) is 7.90. The second-order valence-electron chi connectivity index (χ2n) is 4.63. The van der Waals surface area contributed by atoms with Crippen molar-refractivity contribution < 1.29 is 4.79 Å². The lowest BCUT2D eigenvalue weighted by molar-refractivity contribution is 0.0935. The predicted octanol–water partition coefficient (Wildman–Crippen LogP) is 4.11. The van der Waals surface area contributed by atoms with Crippen LogP contribution in [0.15, 0.2) is 18.2 Å². The molecule has 94 valence electrons. The van der Waals surface area contributed by atoms with Gasteiger partial charge < -0.3 is 5.32 Å². The summed E-state index contributed by atoms with van der Waals surface area (Å²) in [5, 5.41) is 3.58. The summed E-state index contributed by atoms with van der Waals surface area (Å²) in [5.41, 5.74) is 0.647. The molecule has 1 amide bonds. The summed E-state index contributed by atoms with van der Waals surface area (Å²) in [4.78, 5) is 12.0. The zero-order valence-electron chi connectivity index (χ0n) is 10.3. The summed E-state index contributed by atoms with van der Waals surface area (Å²) in [5.74, 6) is 0.522. The van der Waals surface area contributed by atoms with Crippen LogP contribution in [0.25, 0.3) is 0 Å². The van der Waals surface area contributed by atoms with E-state index in [-0.39, 0.29) is 11.9 Å². The molecule has 0 fully saturated rings. The van der Waals surface area contributed by atoms with Crippen LogP contribution in [0.1, 0.15) is 37.6 Å². The van der Waals surface area contributed by atoms with Gasteiger partial charge in [-0.2, -0.15) is 0 Å². The van der Waals surface area contributed by atoms with Gasteiger partial charge in [0.25, 0.3) is 5.91 Å². The molecule has 0 radical (unpaired) electrons. The number of carbonyl (C=O) groups excluding carboxylic acids is 1. The topological polar surface area (TPSA) is 29.1 Å². The number of hydrogen-bond donors (Lipinski definition) is 1. The smallest absolute Gasteiger partial charge is 0.252 e. The van der Waals surface area contributed by atoms with E-state index in [4.69, 9.17) is 11.6 Å². The predicted molar refractivity (Wildman–Crippen MR) is 80.6 cm³/mol. The number of halogens is 2. The number of benzene rings is 1. The zero-order chi connectivity index (χ0) is 13.0. The van der Waals surface area contributed by atoms with Crippen LogP contribution in [0, 0.1) is 9.49 Å². The van der Waals surface area contributed by atoms with Crippen molar-refractivity contribution >= 4 is 40.1 Å². The van der Waals surface area contributed by atoms with Gasteiger partial charge >= 0.3 is 0 Å². The molecule has 0 aliphatic rings. The van der Waals surface area contributed by atoms with Crippen LogP contribution in [0.2, 0.25) is 5.02 Å². The maximum Gasteiger partial charge on any atom is 0.252 e. The van der Waals surface area contributed by atoms with Gasteiger partial charge in [-0.25, -0.2) is 0 Å². The molecule has 1 atom stereocenters. The molecule has 0 bridgehead atoms. The van der Waals surface area contributed by atoms with E-state index >= 15 is 0 Å². The van der Waals surface area contributed by atoms with Crippen molar-refractivity contribution in [3.8, 4) is 0 Å². The van der Waals surface area contributed by atoms with Crippen molar-refractivity contribution in [3.63, 3.8) is 0 Å². The first-order valence-corrected chi connectivity index (χ1v) is 7.11. The molecule has 0 saturated heterocycles. The van der Waals surface area contributed by atoms with Gasteiger partial charge in [0.1, 0.15) is 0 Å². The SMILES string of the molecule is CC(C)CC(C)NC(=O)c1cc(Cl)ccc1I. The van der Waals surface area contributed by atoms with Crippen LogP contribution in [0.4, 0.5) is 0 Å². The van der Waals surface area contributed by atoms with Gasteiger partial charge in [0, 0.05) is 14.6 Å². The minimum absolute atomic E-state index is 0.0509. The lowest BCUT2D eigenvalue weighted by Crippen LogP contribution is -2.33. The first kappa shape index (κ1) is 14.8. The molecule has 0 heterocycles. The first-order valence-electron chi connectivity index (χ1n) is 5.66. The Morgan fingerprint density at radius 1 is 1.41 bits per heavy atom. The summed E-state index contributed by atoms with van der Waals surface area (Å²) in [7, 11) is 0. The van der Waals surface area contributed by atoms with Crippen molar-refractivity contribution in [1.29, 1.82) is 0 Å². The molecule has 0 aliphatic carbocycles. The fourth-order valence-corrected chi connectivity index (χ4v) is 2.49. The maximum absolute atomic E-state index is 12.0. The average Bonchev–Trinajstić information content (AvgIpc) is 2.20. The van der Waals surface area contributed by atoms with E-state index in [2.05, 4.69) is 41.8 Å². The van der Waals surface area contributed by atoms with Crippen molar-refractivity contribution in [3.05, 3.63) is 32.4 Å². The lowest BCUT2D eigenvalue weighted by Gasteiger charge is -2.16. The Kier molecular flexibility index (Phi) is 5.73. The normalized spacial score (nSPS) is 12.6. The van der Waals surface area contributed by atoms with Crippen molar-refractivity contribution in [1.82, 2.24) is 5.32 Å². The minimum atomic E-state index is -0.0509. The Morgan fingerprint density at radius 3 is 2.65 bits per heavy atom. The van der Waals surface area contributed by atoms with Crippen LogP contribution in [-0.2, 0) is 0 Å². The van der Waals surface area contributed by atoms with E-state index in [0.29, 0.717) is 16.5 Å². The Hall–Kier alpha value is -0.290. The van der Waals surface area contributed by atoms with Crippen molar-refractivity contribution in [2.75, 3.05) is 0 Å². The van der Waals surface area contributed by atoms with Crippen LogP contribution < -0.4 is 5.32 Å². The number of rotatable bonds is 4. The molecule has 2 nitrogen and oxygen atoms in total. The van der Waals surface area contributed by atoms with Crippen LogP contribution in [0.5, 0.6) is 0 Å². The van der Waals surface area contributed by atoms with Gasteiger partial charge in [0.2, 0.25) is 0 Å². The summed E-state index contributed by atoms with van der Waals surface area (Å²) >= 11 is 8.04. The van der Waals surface area contributed by atoms with Crippen LogP contribution in [0.3, 0.4) is 0 Å². The van der Waals surface area contributed by atoms with Crippen molar-refractivity contribution in [2.24, 2.45) is 5.92 Å². The van der Waals surface area contributed by atoms with E-state index in [1.807, 2.05) is 13.0 Å². The number of carbonyl (C=O) groups is 1. The molecule has 0 saturated carbocycles. The number of hydrogen-bond acceptors (Lipinski definition) is 1. The molecule has 1 N–H and O–H groups in total. The molecule has 0 aromatic heterocycles. The standard InChI is InChI=1S/C13H17ClINO/c1-8(2)6-9(3)16-13(17)11-7-10(14)4-5-12(11)15/h4-5,7-9H,6H2,1-3H3,(H,16,17). The summed E-state index contributed by atoms with van der Waals surface area (Å²) < 4.78 is 0.918. The molecular weight excluding hydrogens is 349 g/mol. The Labute approximate surface area is 121 Å². The highest BCUT2D eigenvalue weighted by molar-refractivity contribution is 14.1. The van der Waals surface area contributed by atoms with Gasteiger partial charge in [-0.3, -0.25) is 4.79 Å². The van der Waals surface area contributed by atoms with E-state index in [0.717, 1.165) is 9.99 Å². The average molecular weight is 366 g/mol. The maximum atomic E-state index is 12.0. The fraction of sp³-hybridized carbons (Fsp3) is 0.462. The highest BCUT2D eigenvalue weighted by Crippen LogP contribution is 2.18. The van der Waals surface area contributed by atoms with Crippen LogP contribution >= 0.6 is 34.2 Å². The van der Waals surface area contributed by atoms with Gasteiger partial charge in [-0.1, -0.05) is 25.4 Å². The molecule has 0 aliphatic heterocycles. The third-order valence-electron chi connectivity index (χ3n) is 2.38. The molecule has 1 unspecified atom stereocenters. The Bertz CT molecular complexity index is 406. The van der Waals surface area contributed by atoms with Gasteiger partial charge in [0.05, 0.1) is 5.56 Å². The molecule has 17 heavy (non-hydrogen) atoms. The molecular formula is C13H17ClINO. The van der Waals surface area contributed by atoms with Crippen LogP contribution in [-0.4, -0.2) is 11.9 Å². The Morgan fingerprint density at radius 2 is 2.06 bits per heavy atom. The fourth-order valence-electron chi connectivity index (χ4n) is 1.74. The van der Waals surface area contributed by atoms with E-state index in [9.17, 15) is 4.79 Å². The summed E-state index contributed by atoms with van der Waals surface area (Å²) in [6.07, 6.45) is 0.975. The highest BCUT2D eigenvalue weighted by atomic mass is 127. The number of nitrogens with one attached hydrogen (secondary N) is 1. The van der Waals surface area contributed by atoms with Gasteiger partial charge in [0.15, 0.2) is 0 Å². The van der Waals surface area contributed by atoms with Crippen molar-refractivity contribution in [2.45, 2.75) is 33.2 Å². The molecule has 4 heteroatoms. The summed E-state index contributed by atoms with van der Waals surface area (Å²) in [6.45, 7) is 6.31. The second kappa shape index (κ2) is 6.59. The summed E-state index contributed by atoms with van der Waals surface area (Å²) in [6, 6.07) is 5.53. The quantitative estimate of drug-likeness (QED) is 0.799. The lowest BCUT2D eigenvalue weighted by atomic mass is 10.0. The second-order valence-corrected chi connectivity index (χ2v) is 6.23. The molecule has 1 aromatic rings. The van der Waals surface area contributed by atoms with Gasteiger partial charge in [-0.15, -0.1) is 0 Å². The number of amides is 1. The minimum Gasteiger partial charge on any atom is -0.350 e. The zero-order valence-corrected chi connectivity index (χ0v) is 13.2. The van der Waals surface area contributed by atoms with Gasteiger partial charge in [-0.05, 0) is 60.1 Å². The highest BCUT2D eigenvalue weighted by Gasteiger charge is 2.13. The third-order valence-corrected chi connectivity index (χ3v) is 3.55. The van der Waals surface area contributed by atoms with E-state index in [1.165, 1.54) is 0 Å². The molecule has 1 rings (SSSR count). The Balaban J connectivity index is 2.73. The largest absolute Gasteiger partial charge is 0.350 e. The third kappa shape index (κ3) is 4.84. The van der Waals surface area contributed by atoms with E-state index in [1.54, 1.807) is 12.1 Å². The molecule has 0 spiro atoms. The monoisotopic (exact) mass is 365 g/mol. The molecule has 1 aromatic carbocycles. The van der Waals surface area contributed by atoms with E-state index < -0.39 is 0 Å².